The third-order valence-corrected chi connectivity index (χ3v) is 5.35. The van der Waals surface area contributed by atoms with Gasteiger partial charge in [-0.2, -0.15) is 0 Å². The molecule has 0 spiro atoms. The lowest BCUT2D eigenvalue weighted by Crippen LogP contribution is -2.32. The van der Waals surface area contributed by atoms with Crippen molar-refractivity contribution in [3.8, 4) is 0 Å². The average Bonchev–Trinajstić information content (AvgIpc) is 2.95. The number of ketones is 1. The van der Waals surface area contributed by atoms with Gasteiger partial charge in [0, 0.05) is 19.4 Å². The summed E-state index contributed by atoms with van der Waals surface area (Å²) in [7, 11) is 1.42. The van der Waals surface area contributed by atoms with Gasteiger partial charge in [-0.15, -0.1) is 0 Å². The zero-order chi connectivity index (χ0) is 25.1. The van der Waals surface area contributed by atoms with Crippen molar-refractivity contribution in [3.63, 3.8) is 0 Å². The first-order valence-electron chi connectivity index (χ1n) is 11.0. The van der Waals surface area contributed by atoms with Crippen LogP contribution in [0, 0.1) is 11.8 Å². The fourth-order valence-electron chi connectivity index (χ4n) is 3.46. The molecular formula is C26H35NO6. The van der Waals surface area contributed by atoms with E-state index in [1.165, 1.54) is 19.2 Å². The lowest BCUT2D eigenvalue weighted by Gasteiger charge is -2.19. The molecule has 3 N–H and O–H groups in total. The molecule has 3 unspecified atom stereocenters. The number of carbonyl (C=O) groups is 3. The van der Waals surface area contributed by atoms with Gasteiger partial charge in [0.25, 0.3) is 5.91 Å². The Balaban J connectivity index is 2.68. The molecular weight excluding hydrogens is 422 g/mol. The van der Waals surface area contributed by atoms with Crippen molar-refractivity contribution in [2.24, 2.45) is 11.8 Å². The number of likely N-dealkylation sites (N-methyl/N-ethyl adjacent to an activating group) is 1. The van der Waals surface area contributed by atoms with Crippen molar-refractivity contribution in [2.75, 3.05) is 7.05 Å². The van der Waals surface area contributed by atoms with E-state index in [0.29, 0.717) is 0 Å². The number of aliphatic carboxylic acids is 1. The Morgan fingerprint density at radius 1 is 1.00 bits per heavy atom. The lowest BCUT2D eigenvalue weighted by atomic mass is 9.93. The molecule has 0 aliphatic carbocycles. The Hall–Kier alpha value is -3.19. The van der Waals surface area contributed by atoms with Gasteiger partial charge in [0.05, 0.1) is 12.1 Å². The molecule has 0 aromatic carbocycles. The first-order chi connectivity index (χ1) is 15.5. The van der Waals surface area contributed by atoms with E-state index in [1.807, 2.05) is 52.0 Å². The van der Waals surface area contributed by atoms with E-state index < -0.39 is 29.5 Å². The summed E-state index contributed by atoms with van der Waals surface area (Å²) in [6, 6.07) is -0.876. The van der Waals surface area contributed by atoms with E-state index in [0.717, 1.165) is 10.5 Å². The van der Waals surface area contributed by atoms with Crippen LogP contribution in [0.1, 0.15) is 40.5 Å². The summed E-state index contributed by atoms with van der Waals surface area (Å²) < 4.78 is 0. The van der Waals surface area contributed by atoms with E-state index in [2.05, 4.69) is 0 Å². The second-order valence-electron chi connectivity index (χ2n) is 8.48. The minimum Gasteiger partial charge on any atom is -0.507 e. The van der Waals surface area contributed by atoms with Crippen LogP contribution < -0.4 is 0 Å². The zero-order valence-corrected chi connectivity index (χ0v) is 19.9. The summed E-state index contributed by atoms with van der Waals surface area (Å²) in [6.07, 6.45) is 15.0. The van der Waals surface area contributed by atoms with Gasteiger partial charge in [-0.25, -0.2) is 0 Å². The van der Waals surface area contributed by atoms with Crippen LogP contribution in [-0.4, -0.2) is 57.1 Å². The van der Waals surface area contributed by atoms with Crippen LogP contribution in [-0.2, 0) is 14.4 Å². The molecule has 1 amide bonds. The predicted molar refractivity (Wildman–Crippen MR) is 128 cm³/mol. The first-order valence-corrected chi connectivity index (χ1v) is 11.0. The highest BCUT2D eigenvalue weighted by atomic mass is 16.4. The molecule has 0 aromatic heterocycles. The van der Waals surface area contributed by atoms with Crippen LogP contribution in [0.15, 0.2) is 71.6 Å². The number of carbonyl (C=O) groups excluding carboxylic acids is 2. The van der Waals surface area contributed by atoms with Crippen LogP contribution in [0.2, 0.25) is 0 Å². The Bertz CT molecular complexity index is 904. The number of hydrogen-bond donors (Lipinski definition) is 3. The Morgan fingerprint density at radius 2 is 1.55 bits per heavy atom. The predicted octanol–water partition coefficient (Wildman–Crippen LogP) is 3.90. The van der Waals surface area contributed by atoms with Crippen LogP contribution in [0.5, 0.6) is 0 Å². The molecule has 1 aliphatic rings. The van der Waals surface area contributed by atoms with Gasteiger partial charge in [-0.3, -0.25) is 14.4 Å². The number of carboxylic acids is 1. The van der Waals surface area contributed by atoms with Crippen molar-refractivity contribution in [3.05, 3.63) is 71.6 Å². The lowest BCUT2D eigenvalue weighted by molar-refractivity contribution is -0.138. The van der Waals surface area contributed by atoms with Gasteiger partial charge in [-0.05, 0) is 25.3 Å². The van der Waals surface area contributed by atoms with Gasteiger partial charge in [-0.1, -0.05) is 75.0 Å². The molecule has 7 heteroatoms. The Morgan fingerprint density at radius 3 is 2.09 bits per heavy atom. The van der Waals surface area contributed by atoms with Crippen molar-refractivity contribution < 1.29 is 29.7 Å². The van der Waals surface area contributed by atoms with Gasteiger partial charge >= 0.3 is 5.97 Å². The highest BCUT2D eigenvalue weighted by molar-refractivity contribution is 6.26. The summed E-state index contributed by atoms with van der Waals surface area (Å²) >= 11 is 0. The van der Waals surface area contributed by atoms with Gasteiger partial charge in [0.15, 0.2) is 5.78 Å². The number of aliphatic hydroxyl groups excluding tert-OH is 2. The number of aliphatic hydroxyl groups is 2. The second-order valence-corrected chi connectivity index (χ2v) is 8.48. The number of hydrogen-bond acceptors (Lipinski definition) is 5. The Kier molecular flexibility index (Phi) is 11.3. The maximum Gasteiger partial charge on any atom is 0.303 e. The maximum atomic E-state index is 12.4. The topological polar surface area (TPSA) is 115 Å². The highest BCUT2D eigenvalue weighted by Crippen LogP contribution is 2.24. The minimum absolute atomic E-state index is 0.000991. The van der Waals surface area contributed by atoms with Crippen molar-refractivity contribution in [1.29, 1.82) is 0 Å². The largest absolute Gasteiger partial charge is 0.507 e. The first kappa shape index (κ1) is 27.8. The highest BCUT2D eigenvalue weighted by Gasteiger charge is 2.42. The molecule has 180 valence electrons. The molecule has 33 heavy (non-hydrogen) atoms. The minimum atomic E-state index is -1.05. The summed E-state index contributed by atoms with van der Waals surface area (Å²) in [5, 5.41) is 29.0. The van der Waals surface area contributed by atoms with E-state index in [4.69, 9.17) is 5.11 Å². The zero-order valence-electron chi connectivity index (χ0n) is 19.9. The van der Waals surface area contributed by atoms with Gasteiger partial charge < -0.3 is 20.2 Å². The van der Waals surface area contributed by atoms with Crippen LogP contribution in [0.4, 0.5) is 0 Å². The quantitative estimate of drug-likeness (QED) is 0.188. The van der Waals surface area contributed by atoms with E-state index in [1.54, 1.807) is 18.2 Å². The number of Topliss-reactive ketones (excluding diaryl/α,β-unsaturated/α-hetero) is 1. The molecule has 3 atom stereocenters. The van der Waals surface area contributed by atoms with Crippen molar-refractivity contribution >= 4 is 17.7 Å². The monoisotopic (exact) mass is 457 g/mol. The maximum absolute atomic E-state index is 12.4. The van der Waals surface area contributed by atoms with Gasteiger partial charge in [0.1, 0.15) is 11.3 Å². The molecule has 0 bridgehead atoms. The van der Waals surface area contributed by atoms with Crippen molar-refractivity contribution in [2.45, 2.75) is 52.7 Å². The van der Waals surface area contributed by atoms with Crippen LogP contribution >= 0.6 is 0 Å². The molecule has 1 aliphatic heterocycles. The fraction of sp³-hybridized carbons (Fsp3) is 0.423. The summed E-state index contributed by atoms with van der Waals surface area (Å²) in [6.45, 7) is 7.93. The molecule has 1 saturated heterocycles. The van der Waals surface area contributed by atoms with E-state index in [9.17, 15) is 24.6 Å². The van der Waals surface area contributed by atoms with Crippen LogP contribution in [0.25, 0.3) is 0 Å². The van der Waals surface area contributed by atoms with Gasteiger partial charge in [0.2, 0.25) is 0 Å². The molecule has 1 fully saturated rings. The molecule has 0 saturated carbocycles. The number of amides is 1. The summed E-state index contributed by atoms with van der Waals surface area (Å²) in [4.78, 5) is 36.6. The number of allylic oxidation sites excluding steroid dienone is 9. The number of rotatable bonds is 11. The third-order valence-electron chi connectivity index (χ3n) is 5.35. The molecule has 0 aromatic rings. The standard InChI is InChI=1S/C26H35NO6/c1-17(2)24(31)19(4)16-18(3)12-10-8-6-7-9-11-13-21(28)23-25(32)20(14-15-22(29)30)27(5)26(23)33/h6-13,16-17,19-20,24,28,31H,14-15H2,1-5H3,(H,29,30)/b8-6+,9-7+,12-10+,13-11+,18-16+,23-21+. The summed E-state index contributed by atoms with van der Waals surface area (Å²) in [5.74, 6) is -2.42. The van der Waals surface area contributed by atoms with Crippen molar-refractivity contribution in [1.82, 2.24) is 4.90 Å². The normalized spacial score (nSPS) is 21.5. The van der Waals surface area contributed by atoms with Crippen LogP contribution in [0.3, 0.4) is 0 Å². The second kappa shape index (κ2) is 13.4. The molecule has 1 rings (SSSR count). The third kappa shape index (κ3) is 8.69. The van der Waals surface area contributed by atoms with E-state index in [-0.39, 0.29) is 36.4 Å². The smallest absolute Gasteiger partial charge is 0.303 e. The average molecular weight is 458 g/mol. The number of nitrogens with zero attached hydrogens (tertiary/aromatic N) is 1. The molecule has 7 nitrogen and oxygen atoms in total. The summed E-state index contributed by atoms with van der Waals surface area (Å²) in [5.41, 5.74) is 0.722. The SMILES string of the molecule is CC(/C=C/C=C/C=C/C=C/C(O)=C1/C(=O)C(CCC(=O)O)N(C)C1=O)=C\C(C)C(O)C(C)C. The molecule has 1 heterocycles. The number of carboxylic acid groups (broad SMARTS) is 1. The molecule has 0 radical (unpaired) electrons. The Labute approximate surface area is 195 Å². The fourth-order valence-corrected chi connectivity index (χ4v) is 3.46. The van der Waals surface area contributed by atoms with E-state index >= 15 is 0 Å². The number of likely N-dealkylation sites (tertiary alicyclic amines) is 1.